The molecule has 0 spiro atoms. The molecule has 0 saturated carbocycles. The molecule has 1 aliphatic heterocycles. The van der Waals surface area contributed by atoms with Gasteiger partial charge in [0, 0.05) is 24.7 Å². The highest BCUT2D eigenvalue weighted by Crippen LogP contribution is 2.36. The van der Waals surface area contributed by atoms with E-state index in [2.05, 4.69) is 0 Å². The maximum absolute atomic E-state index is 14.3. The number of ether oxygens (including phenoxy) is 1. The van der Waals surface area contributed by atoms with Crippen molar-refractivity contribution in [1.29, 1.82) is 0 Å². The van der Waals surface area contributed by atoms with Gasteiger partial charge in [-0.05, 0) is 37.8 Å². The summed E-state index contributed by atoms with van der Waals surface area (Å²) in [6.45, 7) is 2.03. The minimum absolute atomic E-state index is 0.0543. The Morgan fingerprint density at radius 1 is 1.10 bits per heavy atom. The van der Waals surface area contributed by atoms with Crippen LogP contribution >= 0.6 is 0 Å². The third-order valence-electron chi connectivity index (χ3n) is 5.35. The van der Waals surface area contributed by atoms with Gasteiger partial charge < -0.3 is 9.64 Å². The van der Waals surface area contributed by atoms with Gasteiger partial charge in [-0.25, -0.2) is 8.78 Å². The Kier molecular flexibility index (Phi) is 6.59. The fraction of sp³-hybridized carbons (Fsp3) is 0.348. The molecule has 0 aliphatic carbocycles. The molecule has 30 heavy (non-hydrogen) atoms. The average molecular weight is 415 g/mol. The predicted octanol–water partition coefficient (Wildman–Crippen LogP) is 3.56. The molecule has 1 fully saturated rings. The lowest BCUT2D eigenvalue weighted by Crippen LogP contribution is -2.53. The summed E-state index contributed by atoms with van der Waals surface area (Å²) in [4.78, 5) is 39.6. The first kappa shape index (κ1) is 21.6. The van der Waals surface area contributed by atoms with Crippen molar-refractivity contribution in [3.63, 3.8) is 0 Å². The van der Waals surface area contributed by atoms with Crippen LogP contribution in [0.1, 0.15) is 35.7 Å². The Bertz CT molecular complexity index is 947. The summed E-state index contributed by atoms with van der Waals surface area (Å²) < 4.78 is 32.8. The first-order valence-corrected chi connectivity index (χ1v) is 9.86. The molecule has 1 aliphatic rings. The van der Waals surface area contributed by atoms with Crippen molar-refractivity contribution in [3.8, 4) is 0 Å². The van der Waals surface area contributed by atoms with Gasteiger partial charge in [0.2, 0.25) is 5.78 Å². The van der Waals surface area contributed by atoms with Crippen molar-refractivity contribution < 1.29 is 27.9 Å². The van der Waals surface area contributed by atoms with Crippen LogP contribution in [0.2, 0.25) is 0 Å². The predicted molar refractivity (Wildman–Crippen MR) is 106 cm³/mol. The van der Waals surface area contributed by atoms with Crippen molar-refractivity contribution in [2.75, 3.05) is 19.7 Å². The number of esters is 1. The number of halogens is 2. The number of hydrogen-bond donors (Lipinski definition) is 0. The van der Waals surface area contributed by atoms with Gasteiger partial charge in [-0.3, -0.25) is 14.4 Å². The molecule has 7 heteroatoms. The minimum Gasteiger partial charge on any atom is -0.466 e. The Hall–Kier alpha value is -3.09. The van der Waals surface area contributed by atoms with E-state index < -0.39 is 34.7 Å². The second kappa shape index (κ2) is 9.15. The molecule has 0 N–H and O–H groups in total. The standard InChI is InChI=1S/C23H23F2NO4/c1-2-30-22(29)23(14-17-9-10-18(24)13-19(17)25)11-6-12-26(15-23)21(28)20(27)16-7-4-3-5-8-16/h3-5,7-10,13H,2,6,11-12,14-15H2,1H3. The van der Waals surface area contributed by atoms with Gasteiger partial charge in [-0.15, -0.1) is 0 Å². The number of rotatable bonds is 6. The zero-order chi connectivity index (χ0) is 21.7. The summed E-state index contributed by atoms with van der Waals surface area (Å²) in [5, 5.41) is 0. The first-order valence-electron chi connectivity index (χ1n) is 9.86. The lowest BCUT2D eigenvalue weighted by atomic mass is 9.74. The SMILES string of the molecule is CCOC(=O)C1(Cc2ccc(F)cc2F)CCCN(C(=O)C(=O)c2ccccc2)C1. The number of benzene rings is 2. The summed E-state index contributed by atoms with van der Waals surface area (Å²) in [7, 11) is 0. The van der Waals surface area contributed by atoms with Gasteiger partial charge in [-0.1, -0.05) is 36.4 Å². The van der Waals surface area contributed by atoms with Crippen LogP contribution in [0.5, 0.6) is 0 Å². The second-order valence-electron chi connectivity index (χ2n) is 7.44. The van der Waals surface area contributed by atoms with Crippen LogP contribution in [0.4, 0.5) is 8.78 Å². The normalized spacial score (nSPS) is 18.7. The van der Waals surface area contributed by atoms with E-state index >= 15 is 0 Å². The highest BCUT2D eigenvalue weighted by Gasteiger charge is 2.46. The molecular formula is C23H23F2NO4. The number of amides is 1. The van der Waals surface area contributed by atoms with Crippen molar-refractivity contribution in [2.45, 2.75) is 26.2 Å². The molecule has 1 heterocycles. The van der Waals surface area contributed by atoms with E-state index in [9.17, 15) is 23.2 Å². The zero-order valence-electron chi connectivity index (χ0n) is 16.7. The second-order valence-corrected chi connectivity index (χ2v) is 7.44. The molecule has 158 valence electrons. The molecular weight excluding hydrogens is 392 g/mol. The van der Waals surface area contributed by atoms with Crippen LogP contribution in [0.3, 0.4) is 0 Å². The Morgan fingerprint density at radius 3 is 2.50 bits per heavy atom. The van der Waals surface area contributed by atoms with Crippen LogP contribution in [0.25, 0.3) is 0 Å². The molecule has 2 aromatic rings. The van der Waals surface area contributed by atoms with E-state index in [-0.39, 0.29) is 30.7 Å². The van der Waals surface area contributed by atoms with Gasteiger partial charge in [0.1, 0.15) is 11.6 Å². The third-order valence-corrected chi connectivity index (χ3v) is 5.35. The monoisotopic (exact) mass is 415 g/mol. The van der Waals surface area contributed by atoms with E-state index in [4.69, 9.17) is 4.74 Å². The number of nitrogens with zero attached hydrogens (tertiary/aromatic N) is 1. The summed E-state index contributed by atoms with van der Waals surface area (Å²) >= 11 is 0. The van der Waals surface area contributed by atoms with Gasteiger partial charge in [0.25, 0.3) is 5.91 Å². The number of piperidine rings is 1. The van der Waals surface area contributed by atoms with Gasteiger partial charge >= 0.3 is 5.97 Å². The van der Waals surface area contributed by atoms with E-state index in [0.29, 0.717) is 19.4 Å². The highest BCUT2D eigenvalue weighted by molar-refractivity contribution is 6.42. The number of Topliss-reactive ketones (excluding diaryl/α,β-unsaturated/α-hetero) is 1. The minimum atomic E-state index is -1.21. The zero-order valence-corrected chi connectivity index (χ0v) is 16.7. The molecule has 3 rings (SSSR count). The van der Waals surface area contributed by atoms with Crippen LogP contribution < -0.4 is 0 Å². The Balaban J connectivity index is 1.88. The Labute approximate surface area is 173 Å². The molecule has 1 amide bonds. The summed E-state index contributed by atoms with van der Waals surface area (Å²) in [6, 6.07) is 11.4. The molecule has 1 atom stereocenters. The van der Waals surface area contributed by atoms with Crippen molar-refractivity contribution in [3.05, 3.63) is 71.3 Å². The third kappa shape index (κ3) is 4.56. The van der Waals surface area contributed by atoms with Crippen LogP contribution in [0.15, 0.2) is 48.5 Å². The van der Waals surface area contributed by atoms with E-state index in [1.807, 2.05) is 0 Å². The number of hydrogen-bond acceptors (Lipinski definition) is 4. The topological polar surface area (TPSA) is 63.7 Å². The summed E-state index contributed by atoms with van der Waals surface area (Å²) in [5.74, 6) is -3.41. The maximum Gasteiger partial charge on any atom is 0.314 e. The number of carbonyl (C=O) groups is 3. The molecule has 5 nitrogen and oxygen atoms in total. The molecule has 0 radical (unpaired) electrons. The molecule has 1 unspecified atom stereocenters. The summed E-state index contributed by atoms with van der Waals surface area (Å²) in [6.07, 6.45) is 0.767. The number of likely N-dealkylation sites (tertiary alicyclic amines) is 1. The molecule has 0 bridgehead atoms. The number of carbonyl (C=O) groups excluding carboxylic acids is 3. The molecule has 1 saturated heterocycles. The van der Waals surface area contributed by atoms with Gasteiger partial charge in [0.15, 0.2) is 0 Å². The Morgan fingerprint density at radius 2 is 1.83 bits per heavy atom. The van der Waals surface area contributed by atoms with Crippen LogP contribution in [-0.2, 0) is 20.7 Å². The van der Waals surface area contributed by atoms with Gasteiger partial charge in [0.05, 0.1) is 12.0 Å². The molecule has 2 aromatic carbocycles. The van der Waals surface area contributed by atoms with Crippen LogP contribution in [0, 0.1) is 17.0 Å². The lowest BCUT2D eigenvalue weighted by Gasteiger charge is -2.40. The average Bonchev–Trinajstić information content (AvgIpc) is 2.75. The first-order chi connectivity index (χ1) is 14.4. The largest absolute Gasteiger partial charge is 0.466 e. The highest BCUT2D eigenvalue weighted by atomic mass is 19.1. The van der Waals surface area contributed by atoms with E-state index in [0.717, 1.165) is 12.1 Å². The fourth-order valence-corrected chi connectivity index (χ4v) is 3.86. The van der Waals surface area contributed by atoms with Crippen LogP contribution in [-0.4, -0.2) is 42.3 Å². The number of ketones is 1. The van der Waals surface area contributed by atoms with E-state index in [1.54, 1.807) is 37.3 Å². The van der Waals surface area contributed by atoms with E-state index in [1.165, 1.54) is 11.0 Å². The molecule has 0 aromatic heterocycles. The maximum atomic E-state index is 14.3. The van der Waals surface area contributed by atoms with Gasteiger partial charge in [-0.2, -0.15) is 0 Å². The fourth-order valence-electron chi connectivity index (χ4n) is 3.86. The lowest BCUT2D eigenvalue weighted by molar-refractivity contribution is -0.160. The quantitative estimate of drug-likeness (QED) is 0.411. The van der Waals surface area contributed by atoms with Crippen molar-refractivity contribution in [2.24, 2.45) is 5.41 Å². The smallest absolute Gasteiger partial charge is 0.314 e. The van der Waals surface area contributed by atoms with Crippen molar-refractivity contribution in [1.82, 2.24) is 4.90 Å². The van der Waals surface area contributed by atoms with Crippen molar-refractivity contribution >= 4 is 17.7 Å². The summed E-state index contributed by atoms with van der Waals surface area (Å²) in [5.41, 5.74) is -0.785.